The summed E-state index contributed by atoms with van der Waals surface area (Å²) in [4.78, 5) is 11.2. The fourth-order valence-electron chi connectivity index (χ4n) is 3.31. The minimum Gasteiger partial charge on any atom is -0.508 e. The quantitative estimate of drug-likeness (QED) is 0.868. The van der Waals surface area contributed by atoms with Crippen LogP contribution in [-0.2, 0) is 4.79 Å². The maximum Gasteiger partial charge on any atom is 0.306 e. The molecule has 1 atom stereocenters. The van der Waals surface area contributed by atoms with Crippen molar-refractivity contribution < 1.29 is 15.0 Å². The molecule has 3 heteroatoms. The molecule has 104 valence electrons. The highest BCUT2D eigenvalue weighted by atomic mass is 16.4. The maximum atomic E-state index is 11.2. The third-order valence-corrected chi connectivity index (χ3v) is 4.46. The molecule has 0 spiro atoms. The Balaban J connectivity index is 1.95. The second-order valence-corrected chi connectivity index (χ2v) is 5.56. The van der Waals surface area contributed by atoms with E-state index < -0.39 is 5.97 Å². The molecule has 1 aliphatic carbocycles. The second-order valence-electron chi connectivity index (χ2n) is 5.56. The molecule has 1 aliphatic rings. The van der Waals surface area contributed by atoms with Gasteiger partial charge in [0, 0.05) is 0 Å². The van der Waals surface area contributed by atoms with E-state index in [1.165, 1.54) is 5.56 Å². The normalized spacial score (nSPS) is 24.9. The predicted molar refractivity (Wildman–Crippen MR) is 74.2 cm³/mol. The number of carboxylic acids is 1. The molecule has 0 amide bonds. The number of hydrogen-bond donors (Lipinski definition) is 2. The first-order valence-corrected chi connectivity index (χ1v) is 7.13. The standard InChI is InChI=1S/C16H22O3/c1-2-15(16(18)19)13-5-3-11(4-6-13)12-7-9-14(17)10-8-12/h7-11,13,15,17H,2-6H2,1H3,(H,18,19). The summed E-state index contributed by atoms with van der Waals surface area (Å²) in [6.07, 6.45) is 4.83. The predicted octanol–water partition coefficient (Wildman–Crippen LogP) is 3.78. The van der Waals surface area contributed by atoms with Crippen LogP contribution in [0.1, 0.15) is 50.5 Å². The van der Waals surface area contributed by atoms with Gasteiger partial charge in [-0.25, -0.2) is 0 Å². The summed E-state index contributed by atoms with van der Waals surface area (Å²) in [5.74, 6) is 0.324. The molecule has 2 N–H and O–H groups in total. The molecule has 0 heterocycles. The molecule has 3 nitrogen and oxygen atoms in total. The van der Waals surface area contributed by atoms with Crippen LogP contribution in [0.4, 0.5) is 0 Å². The smallest absolute Gasteiger partial charge is 0.306 e. The first kappa shape index (κ1) is 13.9. The Bertz CT molecular complexity index is 416. The van der Waals surface area contributed by atoms with Crippen LogP contribution in [0.2, 0.25) is 0 Å². The van der Waals surface area contributed by atoms with Gasteiger partial charge in [-0.15, -0.1) is 0 Å². The van der Waals surface area contributed by atoms with Crippen molar-refractivity contribution in [3.63, 3.8) is 0 Å². The minimum atomic E-state index is -0.643. The van der Waals surface area contributed by atoms with Gasteiger partial charge < -0.3 is 10.2 Å². The molecular weight excluding hydrogens is 240 g/mol. The third-order valence-electron chi connectivity index (χ3n) is 4.46. The van der Waals surface area contributed by atoms with Gasteiger partial charge in [0.15, 0.2) is 0 Å². The van der Waals surface area contributed by atoms with Crippen molar-refractivity contribution in [3.8, 4) is 5.75 Å². The molecular formula is C16H22O3. The van der Waals surface area contributed by atoms with Crippen LogP contribution in [0, 0.1) is 11.8 Å². The lowest BCUT2D eigenvalue weighted by Crippen LogP contribution is -2.26. The van der Waals surface area contributed by atoms with Gasteiger partial charge in [-0.2, -0.15) is 0 Å². The van der Waals surface area contributed by atoms with E-state index in [2.05, 4.69) is 0 Å². The van der Waals surface area contributed by atoms with E-state index in [0.29, 0.717) is 17.6 Å². The zero-order valence-corrected chi connectivity index (χ0v) is 11.4. The first-order chi connectivity index (χ1) is 9.11. The molecule has 2 rings (SSSR count). The van der Waals surface area contributed by atoms with Crippen LogP contribution in [0.5, 0.6) is 5.75 Å². The molecule has 0 bridgehead atoms. The Morgan fingerprint density at radius 2 is 1.79 bits per heavy atom. The van der Waals surface area contributed by atoms with Crippen molar-refractivity contribution >= 4 is 5.97 Å². The molecule has 0 radical (unpaired) electrons. The van der Waals surface area contributed by atoms with E-state index in [4.69, 9.17) is 0 Å². The van der Waals surface area contributed by atoms with Crippen LogP contribution < -0.4 is 0 Å². The lowest BCUT2D eigenvalue weighted by Gasteiger charge is -2.32. The lowest BCUT2D eigenvalue weighted by atomic mass is 9.73. The maximum absolute atomic E-state index is 11.2. The van der Waals surface area contributed by atoms with Gasteiger partial charge in [0.2, 0.25) is 0 Å². The summed E-state index contributed by atoms with van der Waals surface area (Å²) >= 11 is 0. The monoisotopic (exact) mass is 262 g/mol. The molecule has 1 unspecified atom stereocenters. The summed E-state index contributed by atoms with van der Waals surface area (Å²) in [5, 5.41) is 18.5. The van der Waals surface area contributed by atoms with Crippen molar-refractivity contribution in [1.82, 2.24) is 0 Å². The van der Waals surface area contributed by atoms with Gasteiger partial charge in [-0.1, -0.05) is 19.1 Å². The van der Waals surface area contributed by atoms with E-state index in [-0.39, 0.29) is 5.92 Å². The van der Waals surface area contributed by atoms with Gasteiger partial charge in [0.1, 0.15) is 5.75 Å². The summed E-state index contributed by atoms with van der Waals surface area (Å²) in [6, 6.07) is 7.42. The highest BCUT2D eigenvalue weighted by molar-refractivity contribution is 5.70. The van der Waals surface area contributed by atoms with E-state index in [0.717, 1.165) is 32.1 Å². The van der Waals surface area contributed by atoms with Crippen LogP contribution in [0.15, 0.2) is 24.3 Å². The molecule has 1 fully saturated rings. The van der Waals surface area contributed by atoms with Crippen molar-refractivity contribution in [2.75, 3.05) is 0 Å². The highest BCUT2D eigenvalue weighted by Crippen LogP contribution is 2.39. The number of phenolic OH excluding ortho intramolecular Hbond substituents is 1. The van der Waals surface area contributed by atoms with Gasteiger partial charge in [-0.05, 0) is 61.6 Å². The topological polar surface area (TPSA) is 57.5 Å². The number of hydrogen-bond acceptors (Lipinski definition) is 2. The molecule has 0 saturated heterocycles. The number of aromatic hydroxyl groups is 1. The Labute approximate surface area is 114 Å². The summed E-state index contributed by atoms with van der Waals surface area (Å²) in [6.45, 7) is 1.96. The first-order valence-electron chi connectivity index (χ1n) is 7.13. The van der Waals surface area contributed by atoms with Crippen LogP contribution in [0.3, 0.4) is 0 Å². The highest BCUT2D eigenvalue weighted by Gasteiger charge is 2.31. The molecule has 1 aromatic carbocycles. The van der Waals surface area contributed by atoms with E-state index in [9.17, 15) is 15.0 Å². The molecule has 0 aromatic heterocycles. The Kier molecular flexibility index (Phi) is 4.46. The third kappa shape index (κ3) is 3.28. The van der Waals surface area contributed by atoms with E-state index in [1.54, 1.807) is 12.1 Å². The van der Waals surface area contributed by atoms with Crippen LogP contribution in [-0.4, -0.2) is 16.2 Å². The van der Waals surface area contributed by atoms with Gasteiger partial charge in [-0.3, -0.25) is 4.79 Å². The number of carbonyl (C=O) groups is 1. The van der Waals surface area contributed by atoms with E-state index in [1.807, 2.05) is 19.1 Å². The van der Waals surface area contributed by atoms with Crippen molar-refractivity contribution in [2.24, 2.45) is 11.8 Å². The number of carboxylic acid groups (broad SMARTS) is 1. The SMILES string of the molecule is CCC(C(=O)O)C1CCC(c2ccc(O)cc2)CC1. The zero-order valence-electron chi connectivity index (χ0n) is 11.4. The van der Waals surface area contributed by atoms with Crippen molar-refractivity contribution in [1.29, 1.82) is 0 Å². The Morgan fingerprint density at radius 1 is 1.21 bits per heavy atom. The number of benzene rings is 1. The van der Waals surface area contributed by atoms with Crippen LogP contribution >= 0.6 is 0 Å². The average molecular weight is 262 g/mol. The zero-order chi connectivity index (χ0) is 13.8. The fraction of sp³-hybridized carbons (Fsp3) is 0.562. The number of rotatable bonds is 4. The molecule has 1 saturated carbocycles. The number of aliphatic carboxylic acids is 1. The van der Waals surface area contributed by atoms with Crippen molar-refractivity contribution in [3.05, 3.63) is 29.8 Å². The minimum absolute atomic E-state index is 0.180. The summed E-state index contributed by atoms with van der Waals surface area (Å²) in [5.41, 5.74) is 1.26. The average Bonchev–Trinajstić information content (AvgIpc) is 2.41. The van der Waals surface area contributed by atoms with Crippen molar-refractivity contribution in [2.45, 2.75) is 44.9 Å². The molecule has 1 aromatic rings. The fourth-order valence-corrected chi connectivity index (χ4v) is 3.31. The second kappa shape index (κ2) is 6.09. The summed E-state index contributed by atoms with van der Waals surface area (Å²) in [7, 11) is 0. The largest absolute Gasteiger partial charge is 0.508 e. The Morgan fingerprint density at radius 3 is 2.26 bits per heavy atom. The molecule has 0 aliphatic heterocycles. The molecule has 19 heavy (non-hydrogen) atoms. The van der Waals surface area contributed by atoms with Gasteiger partial charge in [0.05, 0.1) is 5.92 Å². The van der Waals surface area contributed by atoms with Gasteiger partial charge >= 0.3 is 5.97 Å². The van der Waals surface area contributed by atoms with E-state index >= 15 is 0 Å². The Hall–Kier alpha value is -1.51. The number of phenols is 1. The lowest BCUT2D eigenvalue weighted by molar-refractivity contribution is -0.144. The van der Waals surface area contributed by atoms with Crippen LogP contribution in [0.25, 0.3) is 0 Å². The summed E-state index contributed by atoms with van der Waals surface area (Å²) < 4.78 is 0. The van der Waals surface area contributed by atoms with Gasteiger partial charge in [0.25, 0.3) is 0 Å².